The molecule has 0 bridgehead atoms. The minimum Gasteiger partial charge on any atom is -0.285 e. The molecular formula is C19H21N. The van der Waals surface area contributed by atoms with E-state index in [4.69, 9.17) is 4.99 Å². The van der Waals surface area contributed by atoms with E-state index in [0.29, 0.717) is 5.92 Å². The molecule has 0 fully saturated rings. The molecule has 3 rings (SSSR count). The van der Waals surface area contributed by atoms with E-state index in [0.717, 1.165) is 6.54 Å². The Labute approximate surface area is 121 Å². The molecule has 1 nitrogen and oxygen atoms in total. The first-order chi connectivity index (χ1) is 9.75. The highest BCUT2D eigenvalue weighted by Gasteiger charge is 2.22. The summed E-state index contributed by atoms with van der Waals surface area (Å²) in [5, 5.41) is 0. The first-order valence-electron chi connectivity index (χ1n) is 7.43. The molecule has 102 valence electrons. The second-order valence-corrected chi connectivity index (χ2v) is 5.71. The number of aryl methyl sites for hydroxylation is 1. The summed E-state index contributed by atoms with van der Waals surface area (Å²) in [6.45, 7) is 5.24. The van der Waals surface area contributed by atoms with E-state index in [-0.39, 0.29) is 0 Å². The van der Waals surface area contributed by atoms with Crippen LogP contribution in [-0.4, -0.2) is 5.71 Å². The first-order valence-corrected chi connectivity index (χ1v) is 7.43. The molecule has 1 atom stereocenters. The average Bonchev–Trinajstić information content (AvgIpc) is 2.87. The maximum atomic E-state index is 4.79. The summed E-state index contributed by atoms with van der Waals surface area (Å²) in [4.78, 5) is 4.79. The quantitative estimate of drug-likeness (QED) is 0.709. The molecule has 0 amide bonds. The lowest BCUT2D eigenvalue weighted by atomic mass is 9.95. The van der Waals surface area contributed by atoms with E-state index in [1.807, 2.05) is 6.07 Å². The van der Waals surface area contributed by atoms with Crippen LogP contribution in [0.3, 0.4) is 0 Å². The van der Waals surface area contributed by atoms with Crippen molar-refractivity contribution >= 4 is 5.71 Å². The van der Waals surface area contributed by atoms with Gasteiger partial charge in [0.2, 0.25) is 0 Å². The fraction of sp³-hybridized carbons (Fsp3) is 0.316. The molecule has 20 heavy (non-hydrogen) atoms. The monoisotopic (exact) mass is 263 g/mol. The van der Waals surface area contributed by atoms with E-state index >= 15 is 0 Å². The van der Waals surface area contributed by atoms with Gasteiger partial charge in [-0.05, 0) is 47.9 Å². The molecule has 1 aliphatic rings. The number of nitrogens with zero attached hydrogens (tertiary/aromatic N) is 1. The number of aliphatic imine (C=N–C) groups is 1. The smallest absolute Gasteiger partial charge is 0.0643 e. The molecule has 0 saturated carbocycles. The number of benzene rings is 2. The molecule has 2 aromatic rings. The van der Waals surface area contributed by atoms with Gasteiger partial charge in [-0.3, -0.25) is 4.99 Å². The van der Waals surface area contributed by atoms with Crippen molar-refractivity contribution in [2.75, 3.05) is 0 Å². The van der Waals surface area contributed by atoms with Crippen LogP contribution in [-0.2, 0) is 13.0 Å². The highest BCUT2D eigenvalue weighted by Crippen LogP contribution is 2.35. The SMILES string of the molecule is CC(=NCc1ccccc1)c1cccc2c1[C@@H](C)CC2. The fourth-order valence-electron chi connectivity index (χ4n) is 3.12. The standard InChI is InChI=1S/C19H21N/c1-14-11-12-17-9-6-10-18(19(14)17)15(2)20-13-16-7-4-3-5-8-16/h3-10,14H,11-13H2,1-2H3/t14-/m0/s1. The van der Waals surface area contributed by atoms with Gasteiger partial charge in [-0.1, -0.05) is 55.5 Å². The Morgan fingerprint density at radius 1 is 1.10 bits per heavy atom. The van der Waals surface area contributed by atoms with Crippen molar-refractivity contribution in [1.29, 1.82) is 0 Å². The van der Waals surface area contributed by atoms with Crippen molar-refractivity contribution < 1.29 is 0 Å². The lowest BCUT2D eigenvalue weighted by molar-refractivity contribution is 0.746. The van der Waals surface area contributed by atoms with Gasteiger partial charge in [-0.2, -0.15) is 0 Å². The van der Waals surface area contributed by atoms with Crippen LogP contribution in [0, 0.1) is 0 Å². The summed E-state index contributed by atoms with van der Waals surface area (Å²) >= 11 is 0. The van der Waals surface area contributed by atoms with Gasteiger partial charge < -0.3 is 0 Å². The maximum Gasteiger partial charge on any atom is 0.0643 e. The Morgan fingerprint density at radius 3 is 2.70 bits per heavy atom. The summed E-state index contributed by atoms with van der Waals surface area (Å²) in [5.74, 6) is 0.670. The molecule has 0 spiro atoms. The van der Waals surface area contributed by atoms with E-state index in [9.17, 15) is 0 Å². The Balaban J connectivity index is 1.88. The Morgan fingerprint density at radius 2 is 1.90 bits per heavy atom. The predicted octanol–water partition coefficient (Wildman–Crippen LogP) is 4.75. The van der Waals surface area contributed by atoms with Gasteiger partial charge in [0, 0.05) is 5.71 Å². The van der Waals surface area contributed by atoms with Gasteiger partial charge >= 0.3 is 0 Å². The summed E-state index contributed by atoms with van der Waals surface area (Å²) in [6.07, 6.45) is 2.49. The Kier molecular flexibility index (Phi) is 3.68. The second-order valence-electron chi connectivity index (χ2n) is 5.71. The number of fused-ring (bicyclic) bond motifs is 1. The summed E-state index contributed by atoms with van der Waals surface area (Å²) in [7, 11) is 0. The van der Waals surface area contributed by atoms with E-state index in [1.54, 1.807) is 0 Å². The van der Waals surface area contributed by atoms with Crippen LogP contribution in [0.25, 0.3) is 0 Å². The zero-order chi connectivity index (χ0) is 13.9. The highest BCUT2D eigenvalue weighted by molar-refractivity contribution is 6.00. The minimum absolute atomic E-state index is 0.670. The zero-order valence-electron chi connectivity index (χ0n) is 12.3. The molecule has 2 aromatic carbocycles. The van der Waals surface area contributed by atoms with Gasteiger partial charge in [-0.15, -0.1) is 0 Å². The molecule has 0 aromatic heterocycles. The van der Waals surface area contributed by atoms with Crippen LogP contribution in [0.2, 0.25) is 0 Å². The number of rotatable bonds is 3. The summed E-state index contributed by atoms with van der Waals surface area (Å²) < 4.78 is 0. The van der Waals surface area contributed by atoms with Crippen molar-refractivity contribution in [2.24, 2.45) is 4.99 Å². The second kappa shape index (κ2) is 5.62. The topological polar surface area (TPSA) is 12.4 Å². The van der Waals surface area contributed by atoms with Crippen molar-refractivity contribution in [3.8, 4) is 0 Å². The van der Waals surface area contributed by atoms with Crippen LogP contribution in [0.1, 0.15) is 48.4 Å². The molecule has 1 heteroatoms. The lowest BCUT2D eigenvalue weighted by Crippen LogP contribution is -2.03. The van der Waals surface area contributed by atoms with Gasteiger partial charge in [-0.25, -0.2) is 0 Å². The number of hydrogen-bond donors (Lipinski definition) is 0. The van der Waals surface area contributed by atoms with E-state index < -0.39 is 0 Å². The Hall–Kier alpha value is -1.89. The van der Waals surface area contributed by atoms with E-state index in [1.165, 1.54) is 40.8 Å². The van der Waals surface area contributed by atoms with Crippen LogP contribution in [0.15, 0.2) is 53.5 Å². The number of hydrogen-bond acceptors (Lipinski definition) is 1. The predicted molar refractivity (Wildman–Crippen MR) is 85.5 cm³/mol. The minimum atomic E-state index is 0.670. The normalized spacial score (nSPS) is 18.1. The van der Waals surface area contributed by atoms with Crippen LogP contribution < -0.4 is 0 Å². The molecule has 0 aliphatic heterocycles. The van der Waals surface area contributed by atoms with Crippen LogP contribution in [0.4, 0.5) is 0 Å². The maximum absolute atomic E-state index is 4.79. The molecule has 0 heterocycles. The van der Waals surface area contributed by atoms with Gasteiger partial charge in [0.1, 0.15) is 0 Å². The summed E-state index contributed by atoms with van der Waals surface area (Å²) in [6, 6.07) is 17.1. The highest BCUT2D eigenvalue weighted by atomic mass is 14.7. The third-order valence-corrected chi connectivity index (χ3v) is 4.27. The van der Waals surface area contributed by atoms with Crippen molar-refractivity contribution in [3.63, 3.8) is 0 Å². The van der Waals surface area contributed by atoms with Gasteiger partial charge in [0.05, 0.1) is 6.54 Å². The molecule has 0 N–H and O–H groups in total. The molecule has 0 saturated heterocycles. The third-order valence-electron chi connectivity index (χ3n) is 4.27. The van der Waals surface area contributed by atoms with E-state index in [2.05, 4.69) is 56.3 Å². The Bertz CT molecular complexity index is 625. The fourth-order valence-corrected chi connectivity index (χ4v) is 3.12. The molecule has 1 aliphatic carbocycles. The molecular weight excluding hydrogens is 242 g/mol. The third kappa shape index (κ3) is 2.53. The molecule has 0 radical (unpaired) electrons. The average molecular weight is 263 g/mol. The first kappa shape index (κ1) is 13.1. The molecule has 0 unspecified atom stereocenters. The zero-order valence-corrected chi connectivity index (χ0v) is 12.3. The summed E-state index contributed by atoms with van der Waals surface area (Å²) in [5.41, 5.74) is 6.83. The van der Waals surface area contributed by atoms with Crippen molar-refractivity contribution in [3.05, 3.63) is 70.8 Å². The van der Waals surface area contributed by atoms with Crippen LogP contribution >= 0.6 is 0 Å². The van der Waals surface area contributed by atoms with Crippen molar-refractivity contribution in [2.45, 2.75) is 39.2 Å². The van der Waals surface area contributed by atoms with Crippen LogP contribution in [0.5, 0.6) is 0 Å². The lowest BCUT2D eigenvalue weighted by Gasteiger charge is -2.12. The van der Waals surface area contributed by atoms with Gasteiger partial charge in [0.15, 0.2) is 0 Å². The van der Waals surface area contributed by atoms with Gasteiger partial charge in [0.25, 0.3) is 0 Å². The van der Waals surface area contributed by atoms with Crippen molar-refractivity contribution in [1.82, 2.24) is 0 Å². The largest absolute Gasteiger partial charge is 0.285 e.